The third-order valence-electron chi connectivity index (χ3n) is 2.50. The van der Waals surface area contributed by atoms with Crippen molar-refractivity contribution in [2.45, 2.75) is 25.3 Å². The number of rotatable bonds is 0. The second-order valence-corrected chi connectivity index (χ2v) is 3.96. The molecule has 0 aromatic heterocycles. The Morgan fingerprint density at radius 1 is 1.46 bits per heavy atom. The summed E-state index contributed by atoms with van der Waals surface area (Å²) in [6.45, 7) is 0. The van der Waals surface area contributed by atoms with Crippen molar-refractivity contribution in [1.29, 1.82) is 0 Å². The molecule has 0 saturated heterocycles. The summed E-state index contributed by atoms with van der Waals surface area (Å²) < 4.78 is 13.4. The molecule has 1 aromatic carbocycles. The molecule has 1 atom stereocenters. The smallest absolute Gasteiger partial charge is 0.128 e. The second kappa shape index (κ2) is 3.28. The molecule has 0 unspecified atom stereocenters. The van der Waals surface area contributed by atoms with E-state index in [9.17, 15) is 4.39 Å². The molecule has 2 rings (SSSR count). The average molecular weight is 200 g/mol. The van der Waals surface area contributed by atoms with Gasteiger partial charge in [0, 0.05) is 11.1 Å². The first-order valence-corrected chi connectivity index (χ1v) is 4.77. The molecule has 1 aliphatic rings. The largest absolute Gasteiger partial charge is 0.327 e. The van der Waals surface area contributed by atoms with Gasteiger partial charge in [-0.25, -0.2) is 4.39 Å². The molecule has 1 nitrogen and oxygen atoms in total. The van der Waals surface area contributed by atoms with Crippen LogP contribution >= 0.6 is 11.6 Å². The van der Waals surface area contributed by atoms with Gasteiger partial charge in [0.1, 0.15) is 5.82 Å². The van der Waals surface area contributed by atoms with Crippen LogP contribution < -0.4 is 5.73 Å². The van der Waals surface area contributed by atoms with Crippen LogP contribution in [-0.4, -0.2) is 6.04 Å². The van der Waals surface area contributed by atoms with Crippen molar-refractivity contribution in [2.75, 3.05) is 0 Å². The van der Waals surface area contributed by atoms with E-state index in [1.165, 1.54) is 6.07 Å². The molecular formula is C10H11ClFN. The van der Waals surface area contributed by atoms with Crippen molar-refractivity contribution >= 4 is 11.6 Å². The standard InChI is InChI=1S/C10H11ClFN/c11-7-3-6-1-2-8(13)5-9(6)10(12)4-7/h3-4,8H,1-2,5,13H2/t8-/m0/s1. The normalized spacial score (nSPS) is 21.3. The third kappa shape index (κ3) is 1.69. The highest BCUT2D eigenvalue weighted by Crippen LogP contribution is 2.26. The van der Waals surface area contributed by atoms with Gasteiger partial charge in [0.15, 0.2) is 0 Å². The molecule has 0 radical (unpaired) electrons. The molecule has 13 heavy (non-hydrogen) atoms. The number of aryl methyl sites for hydroxylation is 1. The van der Waals surface area contributed by atoms with Gasteiger partial charge in [-0.3, -0.25) is 0 Å². The first kappa shape index (κ1) is 8.97. The maximum atomic E-state index is 13.4. The minimum absolute atomic E-state index is 0.100. The number of fused-ring (bicyclic) bond motifs is 1. The van der Waals surface area contributed by atoms with Crippen molar-refractivity contribution in [3.05, 3.63) is 34.1 Å². The van der Waals surface area contributed by atoms with Crippen molar-refractivity contribution in [3.8, 4) is 0 Å². The Morgan fingerprint density at radius 2 is 2.23 bits per heavy atom. The summed E-state index contributed by atoms with van der Waals surface area (Å²) in [6.07, 6.45) is 2.40. The fraction of sp³-hybridized carbons (Fsp3) is 0.400. The number of hydrogen-bond donors (Lipinski definition) is 1. The zero-order valence-corrected chi connectivity index (χ0v) is 7.94. The second-order valence-electron chi connectivity index (χ2n) is 3.53. The van der Waals surface area contributed by atoms with E-state index in [-0.39, 0.29) is 11.9 Å². The van der Waals surface area contributed by atoms with Crippen LogP contribution in [0.2, 0.25) is 5.02 Å². The molecule has 0 heterocycles. The fourth-order valence-corrected chi connectivity index (χ4v) is 2.04. The van der Waals surface area contributed by atoms with Crippen molar-refractivity contribution in [2.24, 2.45) is 5.73 Å². The van der Waals surface area contributed by atoms with Gasteiger partial charge in [-0.2, -0.15) is 0 Å². The van der Waals surface area contributed by atoms with E-state index in [1.54, 1.807) is 0 Å². The maximum absolute atomic E-state index is 13.4. The molecule has 1 aromatic rings. The third-order valence-corrected chi connectivity index (χ3v) is 2.72. The summed E-state index contributed by atoms with van der Waals surface area (Å²) in [5.41, 5.74) is 7.53. The zero-order chi connectivity index (χ0) is 9.42. The number of nitrogens with two attached hydrogens (primary N) is 1. The minimum Gasteiger partial charge on any atom is -0.327 e. The van der Waals surface area contributed by atoms with Crippen LogP contribution in [0.25, 0.3) is 0 Å². The maximum Gasteiger partial charge on any atom is 0.128 e. The topological polar surface area (TPSA) is 26.0 Å². The van der Waals surface area contributed by atoms with Crippen LogP contribution in [0.1, 0.15) is 17.5 Å². The van der Waals surface area contributed by atoms with Crippen LogP contribution in [0.5, 0.6) is 0 Å². The molecule has 0 bridgehead atoms. The predicted octanol–water partition coefficient (Wildman–Crippen LogP) is 2.30. The van der Waals surface area contributed by atoms with Gasteiger partial charge in [0.05, 0.1) is 0 Å². The van der Waals surface area contributed by atoms with Crippen molar-refractivity contribution in [3.63, 3.8) is 0 Å². The Kier molecular flexibility index (Phi) is 2.26. The molecular weight excluding hydrogens is 189 g/mol. The van der Waals surface area contributed by atoms with Crippen LogP contribution in [0, 0.1) is 5.82 Å². The lowest BCUT2D eigenvalue weighted by molar-refractivity contribution is 0.534. The minimum atomic E-state index is -0.211. The van der Waals surface area contributed by atoms with Gasteiger partial charge in [-0.15, -0.1) is 0 Å². The molecule has 2 N–H and O–H groups in total. The molecule has 70 valence electrons. The van der Waals surface area contributed by atoms with Gasteiger partial charge in [0.2, 0.25) is 0 Å². The van der Waals surface area contributed by atoms with E-state index in [4.69, 9.17) is 17.3 Å². The number of benzene rings is 1. The lowest BCUT2D eigenvalue weighted by Gasteiger charge is -2.21. The van der Waals surface area contributed by atoms with Gasteiger partial charge in [0.25, 0.3) is 0 Å². The Hall–Kier alpha value is -0.600. The monoisotopic (exact) mass is 199 g/mol. The van der Waals surface area contributed by atoms with E-state index in [2.05, 4.69) is 0 Å². The molecule has 1 aliphatic carbocycles. The summed E-state index contributed by atoms with van der Waals surface area (Å²) in [5.74, 6) is -0.211. The Labute approximate surface area is 81.7 Å². The molecule has 0 fully saturated rings. The Bertz CT molecular complexity index is 338. The Morgan fingerprint density at radius 3 is 3.00 bits per heavy atom. The molecule has 0 saturated carbocycles. The van der Waals surface area contributed by atoms with E-state index in [1.807, 2.05) is 6.07 Å². The predicted molar refractivity (Wildman–Crippen MR) is 51.4 cm³/mol. The molecule has 3 heteroatoms. The average Bonchev–Trinajstić information content (AvgIpc) is 2.06. The summed E-state index contributed by atoms with van der Waals surface area (Å²) in [6, 6.07) is 3.30. The summed E-state index contributed by atoms with van der Waals surface area (Å²) in [5, 5.41) is 0.478. The zero-order valence-electron chi connectivity index (χ0n) is 7.19. The molecule has 0 aliphatic heterocycles. The first-order valence-electron chi connectivity index (χ1n) is 4.39. The summed E-state index contributed by atoms with van der Waals surface area (Å²) >= 11 is 5.75. The van der Waals surface area contributed by atoms with Crippen molar-refractivity contribution < 1.29 is 4.39 Å². The van der Waals surface area contributed by atoms with E-state index >= 15 is 0 Å². The van der Waals surface area contributed by atoms with Gasteiger partial charge >= 0.3 is 0 Å². The van der Waals surface area contributed by atoms with Crippen LogP contribution in [0.3, 0.4) is 0 Å². The van der Waals surface area contributed by atoms with Gasteiger partial charge in [-0.1, -0.05) is 11.6 Å². The first-order chi connectivity index (χ1) is 6.16. The fourth-order valence-electron chi connectivity index (χ4n) is 1.81. The Balaban J connectivity index is 2.47. The SMILES string of the molecule is N[C@H]1CCc2cc(Cl)cc(F)c2C1. The van der Waals surface area contributed by atoms with E-state index < -0.39 is 0 Å². The van der Waals surface area contributed by atoms with Crippen molar-refractivity contribution in [1.82, 2.24) is 0 Å². The van der Waals surface area contributed by atoms with Crippen LogP contribution in [0.15, 0.2) is 12.1 Å². The van der Waals surface area contributed by atoms with Gasteiger partial charge < -0.3 is 5.73 Å². The van der Waals surface area contributed by atoms with E-state index in [0.717, 1.165) is 24.0 Å². The van der Waals surface area contributed by atoms with Gasteiger partial charge in [-0.05, 0) is 42.5 Å². The molecule has 0 spiro atoms. The highest BCUT2D eigenvalue weighted by molar-refractivity contribution is 6.30. The number of halogens is 2. The number of hydrogen-bond acceptors (Lipinski definition) is 1. The highest BCUT2D eigenvalue weighted by atomic mass is 35.5. The lowest BCUT2D eigenvalue weighted by Crippen LogP contribution is -2.28. The van der Waals surface area contributed by atoms with Crippen LogP contribution in [-0.2, 0) is 12.8 Å². The molecule has 0 amide bonds. The quantitative estimate of drug-likeness (QED) is 0.682. The van der Waals surface area contributed by atoms with E-state index in [0.29, 0.717) is 11.4 Å². The highest BCUT2D eigenvalue weighted by Gasteiger charge is 2.19. The summed E-state index contributed by atoms with van der Waals surface area (Å²) in [7, 11) is 0. The summed E-state index contributed by atoms with van der Waals surface area (Å²) in [4.78, 5) is 0. The lowest BCUT2D eigenvalue weighted by atomic mass is 9.88. The van der Waals surface area contributed by atoms with Crippen LogP contribution in [0.4, 0.5) is 4.39 Å².